The van der Waals surface area contributed by atoms with E-state index >= 15 is 0 Å². The monoisotopic (exact) mass is 470 g/mol. The molecule has 4 rings (SSSR count). The number of carbonyl (C=O) groups is 1. The molecule has 3 fully saturated rings. The lowest BCUT2D eigenvalue weighted by Crippen LogP contribution is -2.51. The van der Waals surface area contributed by atoms with Gasteiger partial charge in [-0.3, -0.25) is 4.79 Å². The van der Waals surface area contributed by atoms with E-state index in [9.17, 15) is 4.79 Å². The summed E-state index contributed by atoms with van der Waals surface area (Å²) in [4.78, 5) is 12.2. The highest BCUT2D eigenvalue weighted by Crippen LogP contribution is 2.67. The van der Waals surface area contributed by atoms with Crippen molar-refractivity contribution >= 4 is 5.97 Å². The number of esters is 1. The van der Waals surface area contributed by atoms with Gasteiger partial charge in [0.2, 0.25) is 0 Å². The lowest BCUT2D eigenvalue weighted by atomic mass is 9.47. The molecule has 34 heavy (non-hydrogen) atoms. The van der Waals surface area contributed by atoms with Crippen LogP contribution in [0.2, 0.25) is 0 Å². The van der Waals surface area contributed by atoms with Crippen LogP contribution in [-0.4, -0.2) is 12.1 Å². The van der Waals surface area contributed by atoms with E-state index in [0.29, 0.717) is 17.3 Å². The Morgan fingerprint density at radius 1 is 1.03 bits per heavy atom. The van der Waals surface area contributed by atoms with Gasteiger partial charge in [0.15, 0.2) is 0 Å². The minimum atomic E-state index is 0.0256. The molecule has 0 aromatic rings. The summed E-state index contributed by atoms with van der Waals surface area (Å²) in [5, 5.41) is 0. The number of ether oxygens (including phenoxy) is 1. The van der Waals surface area contributed by atoms with Gasteiger partial charge < -0.3 is 4.74 Å². The normalized spacial score (nSPS) is 40.2. The first-order chi connectivity index (χ1) is 16.2. The highest BCUT2D eigenvalue weighted by Gasteiger charge is 2.59. The Labute approximate surface area is 211 Å². The summed E-state index contributed by atoms with van der Waals surface area (Å²) in [5.41, 5.74) is 2.54. The van der Waals surface area contributed by atoms with Crippen LogP contribution in [0.1, 0.15) is 131 Å². The van der Waals surface area contributed by atoms with Crippen molar-refractivity contribution in [2.75, 3.05) is 0 Å². The molecule has 0 radical (unpaired) electrons. The van der Waals surface area contributed by atoms with Gasteiger partial charge in [-0.15, -0.1) is 0 Å². The molecule has 4 aliphatic carbocycles. The minimum Gasteiger partial charge on any atom is -0.462 e. The van der Waals surface area contributed by atoms with E-state index in [-0.39, 0.29) is 12.1 Å². The van der Waals surface area contributed by atoms with Crippen molar-refractivity contribution in [3.63, 3.8) is 0 Å². The Morgan fingerprint density at radius 3 is 2.56 bits per heavy atom. The quantitative estimate of drug-likeness (QED) is 0.248. The highest BCUT2D eigenvalue weighted by atomic mass is 16.5. The fourth-order valence-corrected chi connectivity index (χ4v) is 9.32. The molecule has 0 heterocycles. The van der Waals surface area contributed by atoms with Gasteiger partial charge in [0.25, 0.3) is 0 Å². The van der Waals surface area contributed by atoms with Gasteiger partial charge in [0, 0.05) is 12.8 Å². The van der Waals surface area contributed by atoms with Crippen LogP contribution in [0.3, 0.4) is 0 Å². The first-order valence-corrected chi connectivity index (χ1v) is 15.1. The molecule has 2 nitrogen and oxygen atoms in total. The maximum Gasteiger partial charge on any atom is 0.306 e. The Morgan fingerprint density at radius 2 is 1.82 bits per heavy atom. The number of allylic oxidation sites excluding steroid dienone is 1. The number of rotatable bonds is 9. The zero-order chi connectivity index (χ0) is 24.5. The average Bonchev–Trinajstić information content (AvgIpc) is 3.15. The summed E-state index contributed by atoms with van der Waals surface area (Å²) in [6.45, 7) is 14.7. The summed E-state index contributed by atoms with van der Waals surface area (Å²) in [5.74, 6) is 5.32. The summed E-state index contributed by atoms with van der Waals surface area (Å²) in [6.07, 6.45) is 19.9. The second-order valence-electron chi connectivity index (χ2n) is 13.7. The summed E-state index contributed by atoms with van der Waals surface area (Å²) < 4.78 is 5.92. The molecule has 7 unspecified atom stereocenters. The van der Waals surface area contributed by atoms with Crippen LogP contribution >= 0.6 is 0 Å². The van der Waals surface area contributed by atoms with E-state index in [4.69, 9.17) is 4.74 Å². The predicted molar refractivity (Wildman–Crippen MR) is 142 cm³/mol. The third-order valence-electron chi connectivity index (χ3n) is 11.3. The van der Waals surface area contributed by atoms with E-state index in [2.05, 4.69) is 47.6 Å². The third-order valence-corrected chi connectivity index (χ3v) is 11.3. The van der Waals surface area contributed by atoms with E-state index in [1.165, 1.54) is 57.8 Å². The maximum absolute atomic E-state index is 12.2. The molecule has 0 amide bonds. The number of hydrogen-bond donors (Lipinski definition) is 0. The second-order valence-corrected chi connectivity index (χ2v) is 13.7. The lowest BCUT2D eigenvalue weighted by molar-refractivity contribution is -0.151. The second kappa shape index (κ2) is 10.7. The Hall–Kier alpha value is -0.790. The molecule has 194 valence electrons. The Balaban J connectivity index is 1.41. The van der Waals surface area contributed by atoms with Crippen LogP contribution in [0, 0.1) is 46.3 Å². The number of carbonyl (C=O) groups excluding carboxylic acids is 1. The van der Waals surface area contributed by atoms with Crippen molar-refractivity contribution in [2.45, 2.75) is 138 Å². The molecule has 4 aliphatic rings. The average molecular weight is 471 g/mol. The lowest BCUT2D eigenvalue weighted by Gasteiger charge is -2.58. The van der Waals surface area contributed by atoms with Crippen molar-refractivity contribution in [3.05, 3.63) is 11.6 Å². The summed E-state index contributed by atoms with van der Waals surface area (Å²) in [6, 6.07) is 0. The molecule has 0 spiro atoms. The van der Waals surface area contributed by atoms with Crippen LogP contribution in [0.15, 0.2) is 11.6 Å². The first-order valence-electron chi connectivity index (χ1n) is 15.1. The van der Waals surface area contributed by atoms with Crippen molar-refractivity contribution in [3.8, 4) is 0 Å². The number of hydrogen-bond acceptors (Lipinski definition) is 2. The van der Waals surface area contributed by atoms with Gasteiger partial charge in [-0.25, -0.2) is 0 Å². The Kier molecular flexibility index (Phi) is 8.25. The number of unbranched alkanes of at least 4 members (excludes halogenated alkanes) is 1. The van der Waals surface area contributed by atoms with Gasteiger partial charge in [-0.1, -0.05) is 78.9 Å². The molecule has 0 aliphatic heterocycles. The van der Waals surface area contributed by atoms with E-state index in [0.717, 1.165) is 61.2 Å². The SMILES string of the molecule is CCCCC(=O)OC1CCC2(C)C(=CCC3C2CCC2(C)C3CCC2[C@H](C)CCCC(C)C)C1. The third kappa shape index (κ3) is 5.04. The topological polar surface area (TPSA) is 26.3 Å². The zero-order valence-corrected chi connectivity index (χ0v) is 23.3. The fraction of sp³-hybridized carbons (Fsp3) is 0.906. The summed E-state index contributed by atoms with van der Waals surface area (Å²) >= 11 is 0. The van der Waals surface area contributed by atoms with Crippen LogP contribution in [0.4, 0.5) is 0 Å². The summed E-state index contributed by atoms with van der Waals surface area (Å²) in [7, 11) is 0. The largest absolute Gasteiger partial charge is 0.462 e. The van der Waals surface area contributed by atoms with Gasteiger partial charge in [-0.2, -0.15) is 0 Å². The van der Waals surface area contributed by atoms with Crippen LogP contribution in [-0.2, 0) is 9.53 Å². The molecule has 0 N–H and O–H groups in total. The molecular formula is C32H54O2. The number of fused-ring (bicyclic) bond motifs is 5. The van der Waals surface area contributed by atoms with Gasteiger partial charge >= 0.3 is 5.97 Å². The molecule has 0 saturated heterocycles. The minimum absolute atomic E-state index is 0.0256. The first kappa shape index (κ1) is 26.3. The molecule has 0 bridgehead atoms. The maximum atomic E-state index is 12.2. The molecule has 0 aromatic heterocycles. The molecule has 8 atom stereocenters. The van der Waals surface area contributed by atoms with E-state index in [1.807, 2.05) is 0 Å². The fourth-order valence-electron chi connectivity index (χ4n) is 9.32. The van der Waals surface area contributed by atoms with Crippen LogP contribution < -0.4 is 0 Å². The highest BCUT2D eigenvalue weighted by molar-refractivity contribution is 5.69. The Bertz CT molecular complexity index is 737. The van der Waals surface area contributed by atoms with Crippen molar-refractivity contribution < 1.29 is 9.53 Å². The zero-order valence-electron chi connectivity index (χ0n) is 23.3. The standard InChI is InChI=1S/C32H54O2/c1-7-8-12-30(33)34-25-17-19-31(5)24(21-25)13-14-26-28-16-15-27(23(4)11-9-10-22(2)3)32(28,6)20-18-29(26)31/h13,22-23,25-29H,7-12,14-21H2,1-6H3/t23-,25?,26?,27?,28?,29?,31?,32?/m1/s1. The molecule has 0 aromatic carbocycles. The molecule has 3 saturated carbocycles. The van der Waals surface area contributed by atoms with Crippen molar-refractivity contribution in [1.82, 2.24) is 0 Å². The van der Waals surface area contributed by atoms with Gasteiger partial charge in [0.1, 0.15) is 6.10 Å². The van der Waals surface area contributed by atoms with Crippen molar-refractivity contribution in [2.24, 2.45) is 46.3 Å². The van der Waals surface area contributed by atoms with Gasteiger partial charge in [-0.05, 0) is 97.7 Å². The van der Waals surface area contributed by atoms with Crippen LogP contribution in [0.25, 0.3) is 0 Å². The van der Waals surface area contributed by atoms with E-state index in [1.54, 1.807) is 5.57 Å². The molecular weight excluding hydrogens is 416 g/mol. The predicted octanol–water partition coefficient (Wildman–Crippen LogP) is 9.13. The van der Waals surface area contributed by atoms with Gasteiger partial charge in [0.05, 0.1) is 0 Å². The molecule has 2 heteroatoms. The smallest absolute Gasteiger partial charge is 0.306 e. The van der Waals surface area contributed by atoms with Crippen molar-refractivity contribution in [1.29, 1.82) is 0 Å². The van der Waals surface area contributed by atoms with E-state index < -0.39 is 0 Å². The van der Waals surface area contributed by atoms with Crippen LogP contribution in [0.5, 0.6) is 0 Å².